The van der Waals surface area contributed by atoms with Crippen LogP contribution in [0.2, 0.25) is 0 Å². The van der Waals surface area contributed by atoms with Crippen LogP contribution < -0.4 is 4.72 Å². The SMILES string of the molecule is COC(=O)c1scc(C)c1S(=O)(=O)NCC1(C)CCCO1. The minimum absolute atomic E-state index is 0.000877. The van der Waals surface area contributed by atoms with E-state index in [1.807, 2.05) is 6.92 Å². The van der Waals surface area contributed by atoms with Gasteiger partial charge >= 0.3 is 5.97 Å². The number of ether oxygens (including phenoxy) is 2. The van der Waals surface area contributed by atoms with Gasteiger partial charge in [-0.3, -0.25) is 0 Å². The lowest BCUT2D eigenvalue weighted by Crippen LogP contribution is -2.40. The molecule has 118 valence electrons. The minimum atomic E-state index is -3.78. The normalized spacial score (nSPS) is 22.4. The predicted molar refractivity (Wildman–Crippen MR) is 79.2 cm³/mol. The summed E-state index contributed by atoms with van der Waals surface area (Å²) >= 11 is 1.07. The van der Waals surface area contributed by atoms with Gasteiger partial charge in [-0.05, 0) is 37.6 Å². The van der Waals surface area contributed by atoms with Gasteiger partial charge in [0.15, 0.2) is 0 Å². The van der Waals surface area contributed by atoms with Crippen molar-refractivity contribution in [3.8, 4) is 0 Å². The van der Waals surface area contributed by atoms with Crippen molar-refractivity contribution in [2.24, 2.45) is 0 Å². The molecule has 0 saturated carbocycles. The second kappa shape index (κ2) is 6.04. The fourth-order valence-corrected chi connectivity index (χ4v) is 5.16. The number of nitrogens with one attached hydrogen (secondary N) is 1. The van der Waals surface area contributed by atoms with E-state index in [4.69, 9.17) is 4.74 Å². The fraction of sp³-hybridized carbons (Fsp3) is 0.615. The van der Waals surface area contributed by atoms with Crippen molar-refractivity contribution in [3.05, 3.63) is 15.8 Å². The number of esters is 1. The maximum Gasteiger partial charge on any atom is 0.349 e. The third-order valence-electron chi connectivity index (χ3n) is 3.49. The van der Waals surface area contributed by atoms with E-state index in [1.165, 1.54) is 7.11 Å². The van der Waals surface area contributed by atoms with Crippen LogP contribution in [0.15, 0.2) is 10.3 Å². The van der Waals surface area contributed by atoms with Crippen LogP contribution in [0.3, 0.4) is 0 Å². The summed E-state index contributed by atoms with van der Waals surface area (Å²) in [5.41, 5.74) is 0.0491. The number of thiophene rings is 1. The molecule has 1 atom stereocenters. The monoisotopic (exact) mass is 333 g/mol. The Kier molecular flexibility index (Phi) is 4.72. The quantitative estimate of drug-likeness (QED) is 0.829. The minimum Gasteiger partial charge on any atom is -0.465 e. The summed E-state index contributed by atoms with van der Waals surface area (Å²) < 4.78 is 37.7. The summed E-state index contributed by atoms with van der Waals surface area (Å²) in [6.07, 6.45) is 1.73. The largest absolute Gasteiger partial charge is 0.465 e. The predicted octanol–water partition coefficient (Wildman–Crippen LogP) is 1.69. The van der Waals surface area contributed by atoms with Crippen LogP contribution >= 0.6 is 11.3 Å². The highest BCUT2D eigenvalue weighted by Crippen LogP contribution is 2.29. The van der Waals surface area contributed by atoms with Crippen LogP contribution in [0.1, 0.15) is 35.0 Å². The Morgan fingerprint density at radius 3 is 2.86 bits per heavy atom. The van der Waals surface area contributed by atoms with Crippen LogP contribution in [0, 0.1) is 6.92 Å². The zero-order valence-electron chi connectivity index (χ0n) is 12.3. The molecule has 1 saturated heterocycles. The van der Waals surface area contributed by atoms with E-state index in [0.29, 0.717) is 12.2 Å². The number of methoxy groups -OCH3 is 1. The van der Waals surface area contributed by atoms with Gasteiger partial charge < -0.3 is 9.47 Å². The first-order valence-corrected chi connectivity index (χ1v) is 8.95. The molecule has 1 aromatic heterocycles. The Morgan fingerprint density at radius 1 is 1.57 bits per heavy atom. The second-order valence-electron chi connectivity index (χ2n) is 5.30. The van der Waals surface area contributed by atoms with E-state index in [0.717, 1.165) is 24.2 Å². The Balaban J connectivity index is 2.23. The van der Waals surface area contributed by atoms with E-state index in [1.54, 1.807) is 12.3 Å². The Morgan fingerprint density at radius 2 is 2.29 bits per heavy atom. The maximum atomic E-state index is 12.5. The highest BCUT2D eigenvalue weighted by Gasteiger charge is 2.33. The molecule has 1 unspecified atom stereocenters. The molecule has 2 heterocycles. The number of hydrogen-bond acceptors (Lipinski definition) is 6. The molecule has 1 aliphatic heterocycles. The lowest BCUT2D eigenvalue weighted by atomic mass is 10.0. The highest BCUT2D eigenvalue weighted by molar-refractivity contribution is 7.89. The molecule has 1 aliphatic rings. The summed E-state index contributed by atoms with van der Waals surface area (Å²) in [5.74, 6) is -0.642. The number of carbonyl (C=O) groups is 1. The van der Waals surface area contributed by atoms with E-state index >= 15 is 0 Å². The van der Waals surface area contributed by atoms with Gasteiger partial charge in [0.05, 0.1) is 12.7 Å². The van der Waals surface area contributed by atoms with Crippen molar-refractivity contribution in [3.63, 3.8) is 0 Å². The fourth-order valence-electron chi connectivity index (χ4n) is 2.30. The molecule has 0 aliphatic carbocycles. The first kappa shape index (κ1) is 16.4. The molecular weight excluding hydrogens is 314 g/mol. The maximum absolute atomic E-state index is 12.5. The molecule has 1 N–H and O–H groups in total. The van der Waals surface area contributed by atoms with Crippen molar-refractivity contribution in [2.45, 2.75) is 37.2 Å². The van der Waals surface area contributed by atoms with Gasteiger partial charge in [-0.15, -0.1) is 11.3 Å². The average molecular weight is 333 g/mol. The Bertz CT molecular complexity index is 629. The summed E-state index contributed by atoms with van der Waals surface area (Å²) in [5, 5.41) is 1.63. The van der Waals surface area contributed by atoms with Crippen LogP contribution in [-0.4, -0.2) is 40.2 Å². The van der Waals surface area contributed by atoms with Gasteiger partial charge in [-0.1, -0.05) is 0 Å². The van der Waals surface area contributed by atoms with E-state index < -0.39 is 21.6 Å². The molecule has 0 aromatic carbocycles. The first-order valence-electron chi connectivity index (χ1n) is 6.59. The molecule has 0 bridgehead atoms. The van der Waals surface area contributed by atoms with Gasteiger partial charge in [0.2, 0.25) is 10.0 Å². The van der Waals surface area contributed by atoms with Crippen molar-refractivity contribution in [1.29, 1.82) is 0 Å². The molecular formula is C13H19NO5S2. The van der Waals surface area contributed by atoms with Crippen molar-refractivity contribution in [2.75, 3.05) is 20.3 Å². The van der Waals surface area contributed by atoms with Crippen LogP contribution in [0.25, 0.3) is 0 Å². The molecule has 21 heavy (non-hydrogen) atoms. The van der Waals surface area contributed by atoms with Gasteiger partial charge in [0.25, 0.3) is 0 Å². The van der Waals surface area contributed by atoms with Gasteiger partial charge in [-0.2, -0.15) is 0 Å². The van der Waals surface area contributed by atoms with E-state index in [2.05, 4.69) is 9.46 Å². The lowest BCUT2D eigenvalue weighted by Gasteiger charge is -2.23. The molecule has 0 radical (unpaired) electrons. The Hall–Kier alpha value is -0.960. The first-order chi connectivity index (χ1) is 9.79. The molecule has 8 heteroatoms. The van der Waals surface area contributed by atoms with Crippen molar-refractivity contribution >= 4 is 27.3 Å². The zero-order chi connectivity index (χ0) is 15.7. The van der Waals surface area contributed by atoms with Crippen molar-refractivity contribution in [1.82, 2.24) is 4.72 Å². The van der Waals surface area contributed by atoms with E-state index in [-0.39, 0.29) is 16.3 Å². The lowest BCUT2D eigenvalue weighted by molar-refractivity contribution is 0.0250. The molecule has 0 spiro atoms. The van der Waals surface area contributed by atoms with Crippen LogP contribution in [-0.2, 0) is 19.5 Å². The second-order valence-corrected chi connectivity index (χ2v) is 7.88. The van der Waals surface area contributed by atoms with Crippen molar-refractivity contribution < 1.29 is 22.7 Å². The topological polar surface area (TPSA) is 81.7 Å². The smallest absolute Gasteiger partial charge is 0.349 e. The van der Waals surface area contributed by atoms with Crippen LogP contribution in [0.4, 0.5) is 0 Å². The number of carbonyl (C=O) groups excluding carboxylic acids is 1. The highest BCUT2D eigenvalue weighted by atomic mass is 32.2. The van der Waals surface area contributed by atoms with Gasteiger partial charge in [0, 0.05) is 13.2 Å². The third kappa shape index (κ3) is 3.45. The number of sulfonamides is 1. The van der Waals surface area contributed by atoms with Crippen LogP contribution in [0.5, 0.6) is 0 Å². The molecule has 2 rings (SSSR count). The zero-order valence-corrected chi connectivity index (χ0v) is 13.9. The van der Waals surface area contributed by atoms with Gasteiger partial charge in [0.1, 0.15) is 9.77 Å². The molecule has 1 fully saturated rings. The molecule has 1 aromatic rings. The Labute approximate surface area is 128 Å². The summed E-state index contributed by atoms with van der Waals surface area (Å²) in [6.45, 7) is 4.36. The number of aryl methyl sites for hydroxylation is 1. The van der Waals surface area contributed by atoms with Gasteiger partial charge in [-0.25, -0.2) is 17.9 Å². The number of hydrogen-bond donors (Lipinski definition) is 1. The average Bonchev–Trinajstić information content (AvgIpc) is 3.03. The standard InChI is InChI=1S/C13H19NO5S2/c1-9-7-20-10(12(15)18-3)11(9)21(16,17)14-8-13(2)5-4-6-19-13/h7,14H,4-6,8H2,1-3H3. The molecule has 0 amide bonds. The summed E-state index contributed by atoms with van der Waals surface area (Å²) in [6, 6.07) is 0. The molecule has 6 nitrogen and oxygen atoms in total. The third-order valence-corrected chi connectivity index (χ3v) is 6.29. The number of rotatable bonds is 5. The summed E-state index contributed by atoms with van der Waals surface area (Å²) in [4.78, 5) is 11.8. The van der Waals surface area contributed by atoms with E-state index in [9.17, 15) is 13.2 Å². The summed E-state index contributed by atoms with van der Waals surface area (Å²) in [7, 11) is -2.55.